The highest BCUT2D eigenvalue weighted by molar-refractivity contribution is 7.89. The van der Waals surface area contributed by atoms with E-state index in [0.29, 0.717) is 13.1 Å². The Bertz CT molecular complexity index is 505. The molecule has 0 bridgehead atoms. The van der Waals surface area contributed by atoms with Crippen LogP contribution in [0.1, 0.15) is 13.3 Å². The number of hydrogen-bond acceptors (Lipinski definition) is 4. The van der Waals surface area contributed by atoms with Crippen molar-refractivity contribution in [3.63, 3.8) is 0 Å². The number of rotatable bonds is 4. The van der Waals surface area contributed by atoms with Crippen LogP contribution < -0.4 is 0 Å². The number of phenols is 1. The van der Waals surface area contributed by atoms with E-state index in [9.17, 15) is 13.5 Å². The monoisotopic (exact) mass is 284 g/mol. The molecule has 0 saturated carbocycles. The summed E-state index contributed by atoms with van der Waals surface area (Å²) < 4.78 is 26.3. The molecule has 0 spiro atoms. The molecule has 0 radical (unpaired) electrons. The largest absolute Gasteiger partial charge is 0.508 e. The molecule has 2 rings (SSSR count). The maximum Gasteiger partial charge on any atom is 0.243 e. The topological polar surface area (TPSA) is 60.9 Å². The molecule has 1 aliphatic rings. The molecular weight excluding hydrogens is 264 g/mol. The second-order valence-corrected chi connectivity index (χ2v) is 6.68. The molecule has 106 valence electrons. The van der Waals surface area contributed by atoms with Crippen LogP contribution in [0.2, 0.25) is 0 Å². The van der Waals surface area contributed by atoms with Crippen LogP contribution >= 0.6 is 0 Å². The van der Waals surface area contributed by atoms with Gasteiger partial charge in [-0.05, 0) is 37.2 Å². The van der Waals surface area contributed by atoms with Gasteiger partial charge in [0, 0.05) is 26.2 Å². The Morgan fingerprint density at radius 3 is 2.21 bits per heavy atom. The lowest BCUT2D eigenvalue weighted by atomic mass is 10.3. The lowest BCUT2D eigenvalue weighted by molar-refractivity contribution is 0.188. The van der Waals surface area contributed by atoms with Gasteiger partial charge in [-0.25, -0.2) is 8.42 Å². The molecule has 1 aliphatic heterocycles. The molecule has 0 unspecified atom stereocenters. The molecule has 6 heteroatoms. The first kappa shape index (κ1) is 14.3. The first-order chi connectivity index (χ1) is 9.04. The van der Waals surface area contributed by atoms with Gasteiger partial charge in [0.1, 0.15) is 5.75 Å². The smallest absolute Gasteiger partial charge is 0.243 e. The van der Waals surface area contributed by atoms with Gasteiger partial charge < -0.3 is 10.0 Å². The molecule has 0 atom stereocenters. The first-order valence-electron chi connectivity index (χ1n) is 6.55. The van der Waals surface area contributed by atoms with Gasteiger partial charge in [0.05, 0.1) is 4.90 Å². The van der Waals surface area contributed by atoms with Gasteiger partial charge in [0.15, 0.2) is 0 Å². The maximum absolute atomic E-state index is 12.4. The predicted molar refractivity (Wildman–Crippen MR) is 73.6 cm³/mol. The number of aromatic hydroxyl groups is 1. The van der Waals surface area contributed by atoms with Crippen molar-refractivity contribution >= 4 is 10.0 Å². The summed E-state index contributed by atoms with van der Waals surface area (Å²) in [5.74, 6) is 0.0757. The van der Waals surface area contributed by atoms with Gasteiger partial charge in [0.2, 0.25) is 10.0 Å². The van der Waals surface area contributed by atoms with Crippen LogP contribution in [0.3, 0.4) is 0 Å². The minimum atomic E-state index is -3.42. The van der Waals surface area contributed by atoms with E-state index in [1.807, 2.05) is 0 Å². The first-order valence-corrected chi connectivity index (χ1v) is 7.99. The highest BCUT2D eigenvalue weighted by atomic mass is 32.2. The normalized spacial score (nSPS) is 18.6. The lowest BCUT2D eigenvalue weighted by Gasteiger charge is -2.33. The average molecular weight is 284 g/mol. The van der Waals surface area contributed by atoms with Crippen molar-refractivity contribution in [1.82, 2.24) is 9.21 Å². The van der Waals surface area contributed by atoms with Crippen molar-refractivity contribution in [2.24, 2.45) is 0 Å². The number of benzene rings is 1. The number of phenolic OH excluding ortho intramolecular Hbond substituents is 1. The van der Waals surface area contributed by atoms with E-state index in [1.54, 1.807) is 0 Å². The molecular formula is C13H20N2O3S. The lowest BCUT2D eigenvalue weighted by Crippen LogP contribution is -2.48. The van der Waals surface area contributed by atoms with Crippen LogP contribution in [0, 0.1) is 0 Å². The Morgan fingerprint density at radius 1 is 1.11 bits per heavy atom. The SMILES string of the molecule is CCCN1CCN(S(=O)(=O)c2ccc(O)cc2)CC1. The van der Waals surface area contributed by atoms with Crippen molar-refractivity contribution in [3.8, 4) is 5.75 Å². The fourth-order valence-electron chi connectivity index (χ4n) is 2.28. The predicted octanol–water partition coefficient (Wildman–Crippen LogP) is 1.11. The number of piperazine rings is 1. The number of hydrogen-bond donors (Lipinski definition) is 1. The van der Waals surface area contributed by atoms with Crippen LogP contribution in [0.25, 0.3) is 0 Å². The van der Waals surface area contributed by atoms with Crippen molar-refractivity contribution < 1.29 is 13.5 Å². The Hall–Kier alpha value is -1.11. The summed E-state index contributed by atoms with van der Waals surface area (Å²) in [6, 6.07) is 5.70. The fourth-order valence-corrected chi connectivity index (χ4v) is 3.70. The third-order valence-electron chi connectivity index (χ3n) is 3.35. The summed E-state index contributed by atoms with van der Waals surface area (Å²) in [6.45, 7) is 5.77. The summed E-state index contributed by atoms with van der Waals surface area (Å²) >= 11 is 0. The quantitative estimate of drug-likeness (QED) is 0.899. The zero-order chi connectivity index (χ0) is 13.9. The number of nitrogens with zero attached hydrogens (tertiary/aromatic N) is 2. The molecule has 1 fully saturated rings. The molecule has 0 aromatic heterocycles. The summed E-state index contributed by atoms with van der Waals surface area (Å²) in [5.41, 5.74) is 0. The molecule has 1 aromatic rings. The van der Waals surface area contributed by atoms with Gasteiger partial charge in [-0.3, -0.25) is 0 Å². The van der Waals surface area contributed by atoms with E-state index < -0.39 is 10.0 Å². The van der Waals surface area contributed by atoms with E-state index >= 15 is 0 Å². The molecule has 1 heterocycles. The molecule has 1 N–H and O–H groups in total. The van der Waals surface area contributed by atoms with Crippen molar-refractivity contribution in [1.29, 1.82) is 0 Å². The fraction of sp³-hybridized carbons (Fsp3) is 0.538. The minimum absolute atomic E-state index is 0.0757. The van der Waals surface area contributed by atoms with Gasteiger partial charge in [0.25, 0.3) is 0 Å². The van der Waals surface area contributed by atoms with Gasteiger partial charge in [-0.15, -0.1) is 0 Å². The highest BCUT2D eigenvalue weighted by Gasteiger charge is 2.27. The average Bonchev–Trinajstić information content (AvgIpc) is 2.40. The molecule has 1 aromatic carbocycles. The van der Waals surface area contributed by atoms with Crippen LogP contribution in [0.15, 0.2) is 29.2 Å². The van der Waals surface area contributed by atoms with Crippen LogP contribution in [0.5, 0.6) is 5.75 Å². The van der Waals surface area contributed by atoms with Gasteiger partial charge >= 0.3 is 0 Å². The molecule has 0 amide bonds. The second-order valence-electron chi connectivity index (χ2n) is 4.74. The summed E-state index contributed by atoms with van der Waals surface area (Å²) in [6.07, 6.45) is 1.09. The van der Waals surface area contributed by atoms with Crippen molar-refractivity contribution in [2.75, 3.05) is 32.7 Å². The van der Waals surface area contributed by atoms with Gasteiger partial charge in [-0.2, -0.15) is 4.31 Å². The summed E-state index contributed by atoms with van der Waals surface area (Å²) in [7, 11) is -3.42. The Morgan fingerprint density at radius 2 is 1.68 bits per heavy atom. The minimum Gasteiger partial charge on any atom is -0.508 e. The van der Waals surface area contributed by atoms with Crippen molar-refractivity contribution in [3.05, 3.63) is 24.3 Å². The zero-order valence-corrected chi connectivity index (χ0v) is 11.9. The van der Waals surface area contributed by atoms with Crippen LogP contribution in [-0.4, -0.2) is 55.5 Å². The Balaban J connectivity index is 2.07. The Labute approximate surface area is 114 Å². The zero-order valence-electron chi connectivity index (χ0n) is 11.1. The van der Waals surface area contributed by atoms with E-state index in [-0.39, 0.29) is 10.6 Å². The molecule has 19 heavy (non-hydrogen) atoms. The highest BCUT2D eigenvalue weighted by Crippen LogP contribution is 2.20. The van der Waals surface area contributed by atoms with E-state index in [1.165, 1.54) is 28.6 Å². The van der Waals surface area contributed by atoms with E-state index in [4.69, 9.17) is 0 Å². The third kappa shape index (κ3) is 3.26. The maximum atomic E-state index is 12.4. The Kier molecular flexibility index (Phi) is 4.44. The molecule has 5 nitrogen and oxygen atoms in total. The third-order valence-corrected chi connectivity index (χ3v) is 5.26. The molecule has 1 saturated heterocycles. The number of sulfonamides is 1. The molecule has 0 aliphatic carbocycles. The van der Waals surface area contributed by atoms with Crippen molar-refractivity contribution in [2.45, 2.75) is 18.2 Å². The second kappa shape index (κ2) is 5.90. The van der Waals surface area contributed by atoms with E-state index in [2.05, 4.69) is 11.8 Å². The summed E-state index contributed by atoms with van der Waals surface area (Å²) in [4.78, 5) is 2.53. The van der Waals surface area contributed by atoms with Crippen LogP contribution in [-0.2, 0) is 10.0 Å². The van der Waals surface area contributed by atoms with Crippen LogP contribution in [0.4, 0.5) is 0 Å². The van der Waals surface area contributed by atoms with E-state index in [0.717, 1.165) is 26.1 Å². The van der Waals surface area contributed by atoms with Gasteiger partial charge in [-0.1, -0.05) is 6.92 Å². The summed E-state index contributed by atoms with van der Waals surface area (Å²) in [5, 5.41) is 9.21. The standard InChI is InChI=1S/C13H20N2O3S/c1-2-7-14-8-10-15(11-9-14)19(17,18)13-5-3-12(16)4-6-13/h3-6,16H,2,7-11H2,1H3.